The van der Waals surface area contributed by atoms with Crippen molar-refractivity contribution in [2.24, 2.45) is 5.92 Å². The van der Waals surface area contributed by atoms with Crippen LogP contribution in [0.25, 0.3) is 0 Å². The maximum absolute atomic E-state index is 12.4. The molecule has 2 fully saturated rings. The number of ether oxygens (including phenoxy) is 2. The predicted octanol–water partition coefficient (Wildman–Crippen LogP) is 1.19. The van der Waals surface area contributed by atoms with Gasteiger partial charge >= 0.3 is 12.1 Å². The van der Waals surface area contributed by atoms with Gasteiger partial charge in [0, 0.05) is 44.8 Å². The fraction of sp³-hybridized carbons (Fsp3) is 0.524. The fourth-order valence-corrected chi connectivity index (χ4v) is 3.53. The molecule has 0 aliphatic carbocycles. The van der Waals surface area contributed by atoms with E-state index in [0.29, 0.717) is 32.8 Å². The van der Waals surface area contributed by atoms with Gasteiger partial charge in [-0.2, -0.15) is 0 Å². The van der Waals surface area contributed by atoms with Crippen LogP contribution in [0, 0.1) is 12.8 Å². The molecule has 0 aromatic heterocycles. The second-order valence-corrected chi connectivity index (χ2v) is 7.42. The van der Waals surface area contributed by atoms with E-state index in [0.717, 1.165) is 11.3 Å². The predicted molar refractivity (Wildman–Crippen MR) is 108 cm³/mol. The second kappa shape index (κ2) is 9.60. The maximum Gasteiger partial charge on any atom is 0.409 e. The van der Waals surface area contributed by atoms with E-state index >= 15 is 0 Å². The molecule has 0 bridgehead atoms. The number of nitrogens with zero attached hydrogens (tertiary/aromatic N) is 3. The number of hydrogen-bond acceptors (Lipinski definition) is 6. The Morgan fingerprint density at radius 3 is 2.27 bits per heavy atom. The van der Waals surface area contributed by atoms with Gasteiger partial charge in [0.2, 0.25) is 5.91 Å². The van der Waals surface area contributed by atoms with E-state index in [9.17, 15) is 19.2 Å². The molecule has 0 radical (unpaired) electrons. The first-order valence-corrected chi connectivity index (χ1v) is 10.1. The van der Waals surface area contributed by atoms with Crippen molar-refractivity contribution in [3.05, 3.63) is 29.8 Å². The van der Waals surface area contributed by atoms with Crippen LogP contribution in [0.5, 0.6) is 0 Å². The smallest absolute Gasteiger partial charge is 0.409 e. The van der Waals surface area contributed by atoms with Crippen LogP contribution in [-0.4, -0.2) is 79.6 Å². The SMILES string of the molecule is CCOC(=O)N1CCN(C(=O)COC(=O)C2CC(=O)N(c3ccc(C)cc3)C2)CC1. The number of carbonyl (C=O) groups is 4. The molecule has 1 aromatic carbocycles. The average Bonchev–Trinajstić information content (AvgIpc) is 3.14. The molecule has 2 saturated heterocycles. The van der Waals surface area contributed by atoms with Gasteiger partial charge in [0.05, 0.1) is 12.5 Å². The minimum atomic E-state index is -0.590. The third-order valence-electron chi connectivity index (χ3n) is 5.30. The summed E-state index contributed by atoms with van der Waals surface area (Å²) < 4.78 is 10.1. The highest BCUT2D eigenvalue weighted by molar-refractivity contribution is 5.99. The van der Waals surface area contributed by atoms with Crippen LogP contribution in [-0.2, 0) is 23.9 Å². The van der Waals surface area contributed by atoms with E-state index in [2.05, 4.69) is 0 Å². The lowest BCUT2D eigenvalue weighted by molar-refractivity contribution is -0.155. The molecule has 9 nitrogen and oxygen atoms in total. The molecular weight excluding hydrogens is 390 g/mol. The lowest BCUT2D eigenvalue weighted by atomic mass is 10.1. The van der Waals surface area contributed by atoms with E-state index in [1.165, 1.54) is 0 Å². The van der Waals surface area contributed by atoms with Crippen molar-refractivity contribution in [3.8, 4) is 0 Å². The van der Waals surface area contributed by atoms with Crippen LogP contribution in [0.1, 0.15) is 18.9 Å². The van der Waals surface area contributed by atoms with Gasteiger partial charge in [0.25, 0.3) is 5.91 Å². The summed E-state index contributed by atoms with van der Waals surface area (Å²) in [4.78, 5) is 53.4. The van der Waals surface area contributed by atoms with Crippen LogP contribution in [0.3, 0.4) is 0 Å². The molecule has 162 valence electrons. The van der Waals surface area contributed by atoms with Crippen molar-refractivity contribution in [2.75, 3.05) is 50.8 Å². The van der Waals surface area contributed by atoms with Gasteiger partial charge in [-0.1, -0.05) is 17.7 Å². The number of anilines is 1. The van der Waals surface area contributed by atoms with Crippen molar-refractivity contribution >= 4 is 29.6 Å². The molecule has 1 aromatic rings. The Balaban J connectivity index is 1.44. The topological polar surface area (TPSA) is 96.5 Å². The quantitative estimate of drug-likeness (QED) is 0.668. The normalized spacial score (nSPS) is 19.1. The summed E-state index contributed by atoms with van der Waals surface area (Å²) in [6, 6.07) is 7.52. The summed E-state index contributed by atoms with van der Waals surface area (Å²) in [5.41, 5.74) is 1.83. The highest BCUT2D eigenvalue weighted by Crippen LogP contribution is 2.26. The van der Waals surface area contributed by atoms with Gasteiger partial charge in [-0.25, -0.2) is 4.79 Å². The van der Waals surface area contributed by atoms with Crippen molar-refractivity contribution in [3.63, 3.8) is 0 Å². The standard InChI is InChI=1S/C21H27N3O6/c1-3-29-21(28)23-10-8-22(9-11-23)19(26)14-30-20(27)16-12-18(25)24(13-16)17-6-4-15(2)5-7-17/h4-7,16H,3,8-14H2,1-2H3. The molecule has 1 unspecified atom stereocenters. The van der Waals surface area contributed by atoms with Gasteiger partial charge < -0.3 is 24.2 Å². The van der Waals surface area contributed by atoms with Gasteiger partial charge in [-0.3, -0.25) is 14.4 Å². The summed E-state index contributed by atoms with van der Waals surface area (Å²) in [7, 11) is 0. The number of esters is 1. The van der Waals surface area contributed by atoms with E-state index in [1.54, 1.807) is 21.6 Å². The zero-order valence-electron chi connectivity index (χ0n) is 17.3. The summed E-state index contributed by atoms with van der Waals surface area (Å²) in [6.07, 6.45) is -0.320. The first-order valence-electron chi connectivity index (χ1n) is 10.1. The Morgan fingerprint density at radius 1 is 1.00 bits per heavy atom. The lowest BCUT2D eigenvalue weighted by Crippen LogP contribution is -2.51. The zero-order chi connectivity index (χ0) is 21.7. The number of benzene rings is 1. The molecule has 2 aliphatic rings. The molecule has 2 heterocycles. The molecule has 2 aliphatic heterocycles. The Bertz CT molecular complexity index is 801. The van der Waals surface area contributed by atoms with Crippen LogP contribution in [0.4, 0.5) is 10.5 Å². The number of rotatable bonds is 5. The highest BCUT2D eigenvalue weighted by Gasteiger charge is 2.36. The van der Waals surface area contributed by atoms with Crippen molar-refractivity contribution in [2.45, 2.75) is 20.3 Å². The number of aryl methyl sites for hydroxylation is 1. The van der Waals surface area contributed by atoms with E-state index in [1.807, 2.05) is 31.2 Å². The molecule has 3 rings (SSSR count). The van der Waals surface area contributed by atoms with Crippen molar-refractivity contribution < 1.29 is 28.7 Å². The van der Waals surface area contributed by atoms with E-state index < -0.39 is 11.9 Å². The van der Waals surface area contributed by atoms with Gasteiger partial charge in [-0.05, 0) is 26.0 Å². The lowest BCUT2D eigenvalue weighted by Gasteiger charge is -2.33. The van der Waals surface area contributed by atoms with Crippen LogP contribution >= 0.6 is 0 Å². The number of carbonyl (C=O) groups excluding carboxylic acids is 4. The molecule has 0 spiro atoms. The van der Waals surface area contributed by atoms with E-state index in [-0.39, 0.29) is 37.5 Å². The highest BCUT2D eigenvalue weighted by atomic mass is 16.6. The second-order valence-electron chi connectivity index (χ2n) is 7.42. The molecular formula is C21H27N3O6. The Kier molecular flexibility index (Phi) is 6.91. The summed E-state index contributed by atoms with van der Waals surface area (Å²) in [5, 5.41) is 0. The Labute approximate surface area is 175 Å². The molecule has 0 saturated carbocycles. The van der Waals surface area contributed by atoms with Gasteiger partial charge in [0.15, 0.2) is 6.61 Å². The van der Waals surface area contributed by atoms with Crippen molar-refractivity contribution in [1.29, 1.82) is 0 Å². The summed E-state index contributed by atoms with van der Waals surface area (Å²) >= 11 is 0. The number of hydrogen-bond donors (Lipinski definition) is 0. The van der Waals surface area contributed by atoms with Crippen LogP contribution < -0.4 is 4.90 Å². The first-order chi connectivity index (χ1) is 14.4. The largest absolute Gasteiger partial charge is 0.455 e. The fourth-order valence-electron chi connectivity index (χ4n) is 3.53. The minimum absolute atomic E-state index is 0.0686. The van der Waals surface area contributed by atoms with Crippen LogP contribution in [0.2, 0.25) is 0 Å². The summed E-state index contributed by atoms with van der Waals surface area (Å²) in [6.45, 7) is 5.35. The maximum atomic E-state index is 12.4. The van der Waals surface area contributed by atoms with Gasteiger partial charge in [-0.15, -0.1) is 0 Å². The summed E-state index contributed by atoms with van der Waals surface area (Å²) in [5.74, 6) is -1.59. The third-order valence-corrected chi connectivity index (χ3v) is 5.30. The van der Waals surface area contributed by atoms with Crippen molar-refractivity contribution in [1.82, 2.24) is 9.80 Å². The minimum Gasteiger partial charge on any atom is -0.455 e. The third kappa shape index (κ3) is 5.08. The van der Waals surface area contributed by atoms with E-state index in [4.69, 9.17) is 9.47 Å². The monoisotopic (exact) mass is 417 g/mol. The van der Waals surface area contributed by atoms with Gasteiger partial charge in [0.1, 0.15) is 0 Å². The number of amides is 3. The zero-order valence-corrected chi connectivity index (χ0v) is 17.3. The molecule has 30 heavy (non-hydrogen) atoms. The molecule has 0 N–H and O–H groups in total. The molecule has 9 heteroatoms. The molecule has 1 atom stereocenters. The first kappa shape index (κ1) is 21.6. The molecule has 3 amide bonds. The average molecular weight is 417 g/mol. The Morgan fingerprint density at radius 2 is 1.63 bits per heavy atom. The van der Waals surface area contributed by atoms with Crippen LogP contribution in [0.15, 0.2) is 24.3 Å². The number of piperazine rings is 1. The Hall–Kier alpha value is -3.10.